The fourth-order valence-electron chi connectivity index (χ4n) is 1.64. The van der Waals surface area contributed by atoms with Crippen LogP contribution in [0, 0.1) is 10.6 Å². The van der Waals surface area contributed by atoms with E-state index in [0.717, 1.165) is 30.0 Å². The number of benzene rings is 1. The second-order valence-electron chi connectivity index (χ2n) is 4.86. The lowest BCUT2D eigenvalue weighted by atomic mass is 10.1. The Hall–Kier alpha value is -1.68. The van der Waals surface area contributed by atoms with Gasteiger partial charge in [0.05, 0.1) is 12.3 Å². The molecule has 19 heavy (non-hydrogen) atoms. The highest BCUT2D eigenvalue weighted by Gasteiger charge is 2.00. The molecule has 100 valence electrons. The topological polar surface area (TPSA) is 37.9 Å². The Morgan fingerprint density at radius 1 is 1.16 bits per heavy atom. The molecule has 4 heteroatoms. The van der Waals surface area contributed by atoms with Gasteiger partial charge in [-0.2, -0.15) is 5.10 Å². The molecule has 0 bridgehead atoms. The minimum Gasteiger partial charge on any atom is -0.494 e. The van der Waals surface area contributed by atoms with Gasteiger partial charge in [-0.3, -0.25) is 5.10 Å². The lowest BCUT2D eigenvalue weighted by Gasteiger charge is -2.08. The van der Waals surface area contributed by atoms with Crippen molar-refractivity contribution in [3.05, 3.63) is 41.0 Å². The number of ether oxygens (including phenoxy) is 1. The van der Waals surface area contributed by atoms with Crippen molar-refractivity contribution in [2.45, 2.75) is 20.3 Å². The van der Waals surface area contributed by atoms with Crippen LogP contribution in [0.5, 0.6) is 5.75 Å². The number of nitrogens with zero attached hydrogens (tertiary/aromatic N) is 1. The van der Waals surface area contributed by atoms with Crippen LogP contribution in [0.4, 0.5) is 0 Å². The molecule has 1 aromatic heterocycles. The predicted molar refractivity (Wildman–Crippen MR) is 79.8 cm³/mol. The first-order valence-electron chi connectivity index (χ1n) is 6.44. The van der Waals surface area contributed by atoms with Crippen LogP contribution < -0.4 is 4.74 Å². The highest BCUT2D eigenvalue weighted by molar-refractivity contribution is 7.71. The van der Waals surface area contributed by atoms with E-state index in [1.54, 1.807) is 0 Å². The van der Waals surface area contributed by atoms with Gasteiger partial charge >= 0.3 is 0 Å². The normalized spacial score (nSPS) is 10.7. The second-order valence-corrected chi connectivity index (χ2v) is 5.30. The number of aromatic nitrogens is 2. The summed E-state index contributed by atoms with van der Waals surface area (Å²) in [5.74, 6) is 1.56. The quantitative estimate of drug-likeness (QED) is 0.829. The smallest absolute Gasteiger partial charge is 0.119 e. The first kappa shape index (κ1) is 13.7. The second kappa shape index (κ2) is 6.48. The third-order valence-electron chi connectivity index (χ3n) is 2.79. The van der Waals surface area contributed by atoms with E-state index in [0.29, 0.717) is 10.6 Å². The summed E-state index contributed by atoms with van der Waals surface area (Å²) in [5, 5.41) is 6.99. The van der Waals surface area contributed by atoms with Crippen molar-refractivity contribution in [1.29, 1.82) is 0 Å². The third kappa shape index (κ3) is 4.17. The van der Waals surface area contributed by atoms with Gasteiger partial charge in [0, 0.05) is 5.56 Å². The van der Waals surface area contributed by atoms with Crippen molar-refractivity contribution >= 4 is 12.2 Å². The molecule has 0 saturated carbocycles. The number of hydrogen-bond acceptors (Lipinski definition) is 3. The number of rotatable bonds is 5. The zero-order valence-electron chi connectivity index (χ0n) is 11.2. The molecule has 2 aromatic rings. The molecule has 1 heterocycles. The zero-order chi connectivity index (χ0) is 13.7. The summed E-state index contributed by atoms with van der Waals surface area (Å²) in [7, 11) is 0. The van der Waals surface area contributed by atoms with Crippen LogP contribution >= 0.6 is 12.2 Å². The van der Waals surface area contributed by atoms with Crippen molar-refractivity contribution in [3.63, 3.8) is 0 Å². The summed E-state index contributed by atoms with van der Waals surface area (Å²) in [6.07, 6.45) is 1.07. The lowest BCUT2D eigenvalue weighted by Crippen LogP contribution is -2.01. The largest absolute Gasteiger partial charge is 0.494 e. The standard InChI is InChI=1S/C15H18N2OS/c1-11(2)9-10-18-13-5-3-12(4-6-13)14-7-8-15(19)17-16-14/h3-8,11H,9-10H2,1-2H3,(H,17,19). The highest BCUT2D eigenvalue weighted by atomic mass is 32.1. The molecule has 0 amide bonds. The van der Waals surface area contributed by atoms with Gasteiger partial charge in [0.15, 0.2) is 0 Å². The van der Waals surface area contributed by atoms with Gasteiger partial charge in [0.2, 0.25) is 0 Å². The van der Waals surface area contributed by atoms with Gasteiger partial charge < -0.3 is 4.74 Å². The molecule has 0 fully saturated rings. The Bertz CT molecular complexity index is 555. The molecule has 1 aromatic carbocycles. The van der Waals surface area contributed by atoms with Gasteiger partial charge in [0.25, 0.3) is 0 Å². The summed E-state index contributed by atoms with van der Waals surface area (Å²) in [6.45, 7) is 5.14. The molecule has 0 unspecified atom stereocenters. The fourth-order valence-corrected chi connectivity index (χ4v) is 1.75. The maximum absolute atomic E-state index is 5.68. The third-order valence-corrected chi connectivity index (χ3v) is 3.02. The van der Waals surface area contributed by atoms with E-state index in [-0.39, 0.29) is 0 Å². The van der Waals surface area contributed by atoms with Gasteiger partial charge in [-0.25, -0.2) is 0 Å². The van der Waals surface area contributed by atoms with E-state index in [2.05, 4.69) is 24.0 Å². The van der Waals surface area contributed by atoms with Crippen molar-refractivity contribution in [2.24, 2.45) is 5.92 Å². The summed E-state index contributed by atoms with van der Waals surface area (Å²) in [5.41, 5.74) is 1.92. The van der Waals surface area contributed by atoms with Crippen LogP contribution in [0.2, 0.25) is 0 Å². The molecule has 0 radical (unpaired) electrons. The van der Waals surface area contributed by atoms with Crippen LogP contribution in [0.1, 0.15) is 20.3 Å². The Morgan fingerprint density at radius 3 is 2.47 bits per heavy atom. The van der Waals surface area contributed by atoms with Crippen molar-refractivity contribution in [1.82, 2.24) is 10.2 Å². The van der Waals surface area contributed by atoms with Crippen LogP contribution in [-0.4, -0.2) is 16.8 Å². The predicted octanol–water partition coefficient (Wildman–Crippen LogP) is 4.23. The maximum atomic E-state index is 5.68. The van der Waals surface area contributed by atoms with Gasteiger partial charge in [-0.05, 0) is 48.7 Å². The lowest BCUT2D eigenvalue weighted by molar-refractivity contribution is 0.289. The first-order valence-corrected chi connectivity index (χ1v) is 6.85. The molecule has 0 aliphatic rings. The Balaban J connectivity index is 2.02. The zero-order valence-corrected chi connectivity index (χ0v) is 12.0. The molecular weight excluding hydrogens is 256 g/mol. The average molecular weight is 274 g/mol. The van der Waals surface area contributed by atoms with E-state index in [1.165, 1.54) is 0 Å². The highest BCUT2D eigenvalue weighted by Crippen LogP contribution is 2.20. The molecule has 0 saturated heterocycles. The number of H-pyrrole nitrogens is 1. The molecular formula is C15H18N2OS. The van der Waals surface area contributed by atoms with Crippen molar-refractivity contribution in [2.75, 3.05) is 6.61 Å². The van der Waals surface area contributed by atoms with Crippen molar-refractivity contribution < 1.29 is 4.74 Å². The summed E-state index contributed by atoms with van der Waals surface area (Å²) >= 11 is 4.97. The minimum absolute atomic E-state index is 0.636. The van der Waals surface area contributed by atoms with Crippen LogP contribution in [0.15, 0.2) is 36.4 Å². The van der Waals surface area contributed by atoms with Crippen LogP contribution in [-0.2, 0) is 0 Å². The van der Waals surface area contributed by atoms with Gasteiger partial charge in [-0.1, -0.05) is 26.1 Å². The van der Waals surface area contributed by atoms with Crippen LogP contribution in [0.3, 0.4) is 0 Å². The molecule has 0 aliphatic carbocycles. The van der Waals surface area contributed by atoms with E-state index < -0.39 is 0 Å². The van der Waals surface area contributed by atoms with Crippen molar-refractivity contribution in [3.8, 4) is 17.0 Å². The van der Waals surface area contributed by atoms with Gasteiger partial charge in [0.1, 0.15) is 10.4 Å². The number of hydrogen-bond donors (Lipinski definition) is 1. The Kier molecular flexibility index (Phi) is 4.68. The first-order chi connectivity index (χ1) is 9.15. The molecule has 1 N–H and O–H groups in total. The average Bonchev–Trinajstić information content (AvgIpc) is 2.40. The SMILES string of the molecule is CC(C)CCOc1ccc(-c2ccc(=S)[nH]n2)cc1. The van der Waals surface area contributed by atoms with Crippen LogP contribution in [0.25, 0.3) is 11.3 Å². The molecule has 0 atom stereocenters. The Morgan fingerprint density at radius 2 is 1.89 bits per heavy atom. The van der Waals surface area contributed by atoms with E-state index >= 15 is 0 Å². The van der Waals surface area contributed by atoms with E-state index in [4.69, 9.17) is 17.0 Å². The molecule has 0 aliphatic heterocycles. The molecule has 2 rings (SSSR count). The fraction of sp³-hybridized carbons (Fsp3) is 0.333. The van der Waals surface area contributed by atoms with Gasteiger partial charge in [-0.15, -0.1) is 0 Å². The minimum atomic E-state index is 0.636. The number of nitrogens with one attached hydrogen (secondary N) is 1. The Labute approximate surface area is 118 Å². The molecule has 0 spiro atoms. The number of aromatic amines is 1. The van der Waals surface area contributed by atoms with E-state index in [9.17, 15) is 0 Å². The maximum Gasteiger partial charge on any atom is 0.119 e. The molecule has 3 nitrogen and oxygen atoms in total. The summed E-state index contributed by atoms with van der Waals surface area (Å²) in [6, 6.07) is 11.7. The summed E-state index contributed by atoms with van der Waals surface area (Å²) < 4.78 is 6.32. The summed E-state index contributed by atoms with van der Waals surface area (Å²) in [4.78, 5) is 0. The monoisotopic (exact) mass is 274 g/mol. The van der Waals surface area contributed by atoms with E-state index in [1.807, 2.05) is 36.4 Å².